The number of carbonyl (C=O) groups excluding carboxylic acids is 3. The van der Waals surface area contributed by atoms with Gasteiger partial charge in [0.15, 0.2) is 11.5 Å². The lowest BCUT2D eigenvalue weighted by molar-refractivity contribution is -0.136. The van der Waals surface area contributed by atoms with E-state index >= 15 is 0 Å². The van der Waals surface area contributed by atoms with Gasteiger partial charge in [0.25, 0.3) is 11.1 Å². The van der Waals surface area contributed by atoms with Crippen LogP contribution in [0.1, 0.15) is 31.7 Å². The normalized spacial score (nSPS) is 18.5. The summed E-state index contributed by atoms with van der Waals surface area (Å²) in [4.78, 5) is 40.6. The number of benzene rings is 1. The van der Waals surface area contributed by atoms with Gasteiger partial charge in [-0.15, -0.1) is 0 Å². The summed E-state index contributed by atoms with van der Waals surface area (Å²) in [5.74, 6) is 0.466. The zero-order chi connectivity index (χ0) is 21.0. The SMILES string of the molecule is CCOc1cc(/C=C2\SC(=O)N(CC(=O)N3CCCCC3)C2=O)cc(Br)c1OC. The molecule has 2 fully saturated rings. The van der Waals surface area contributed by atoms with Gasteiger partial charge in [-0.25, -0.2) is 0 Å². The van der Waals surface area contributed by atoms with Crippen molar-refractivity contribution in [2.24, 2.45) is 0 Å². The molecule has 1 aromatic rings. The molecule has 3 amide bonds. The maximum absolute atomic E-state index is 12.7. The Morgan fingerprint density at radius 2 is 1.97 bits per heavy atom. The molecule has 1 aromatic carbocycles. The molecular formula is C20H23BrN2O5S. The minimum atomic E-state index is -0.449. The predicted octanol–water partition coefficient (Wildman–Crippen LogP) is 3.91. The average molecular weight is 483 g/mol. The van der Waals surface area contributed by atoms with Crippen LogP contribution >= 0.6 is 27.7 Å². The smallest absolute Gasteiger partial charge is 0.294 e. The summed E-state index contributed by atoms with van der Waals surface area (Å²) >= 11 is 4.28. The van der Waals surface area contributed by atoms with Crippen LogP contribution in [0.5, 0.6) is 11.5 Å². The quantitative estimate of drug-likeness (QED) is 0.572. The Balaban J connectivity index is 1.78. The van der Waals surface area contributed by atoms with Gasteiger partial charge < -0.3 is 14.4 Å². The van der Waals surface area contributed by atoms with Crippen molar-refractivity contribution in [3.05, 3.63) is 27.1 Å². The van der Waals surface area contributed by atoms with Crippen LogP contribution in [0.2, 0.25) is 0 Å². The number of ether oxygens (including phenoxy) is 2. The van der Waals surface area contributed by atoms with Crippen LogP contribution in [0.3, 0.4) is 0 Å². The zero-order valence-electron chi connectivity index (χ0n) is 16.4. The lowest BCUT2D eigenvalue weighted by Crippen LogP contribution is -2.44. The van der Waals surface area contributed by atoms with Gasteiger partial charge in [0.05, 0.1) is 23.1 Å². The first kappa shape index (κ1) is 21.7. The Labute approximate surface area is 182 Å². The number of thioether (sulfide) groups is 1. The molecule has 0 N–H and O–H groups in total. The van der Waals surface area contributed by atoms with Crippen molar-refractivity contribution in [2.75, 3.05) is 33.4 Å². The van der Waals surface area contributed by atoms with Gasteiger partial charge in [-0.3, -0.25) is 19.3 Å². The largest absolute Gasteiger partial charge is 0.492 e. The summed E-state index contributed by atoms with van der Waals surface area (Å²) in [6.45, 7) is 3.49. The van der Waals surface area contributed by atoms with Crippen LogP contribution in [0.25, 0.3) is 6.08 Å². The lowest BCUT2D eigenvalue weighted by atomic mass is 10.1. The van der Waals surface area contributed by atoms with Gasteiger partial charge in [-0.1, -0.05) is 0 Å². The van der Waals surface area contributed by atoms with Crippen molar-refractivity contribution in [3.8, 4) is 11.5 Å². The second kappa shape index (κ2) is 9.67. The Bertz CT molecular complexity index is 852. The average Bonchev–Trinajstić information content (AvgIpc) is 2.96. The Kier molecular flexibility index (Phi) is 7.23. The van der Waals surface area contributed by atoms with Crippen LogP contribution in [-0.4, -0.2) is 60.2 Å². The number of likely N-dealkylation sites (tertiary alicyclic amines) is 1. The second-order valence-corrected chi connectivity index (χ2v) is 8.52. The standard InChI is InChI=1S/C20H23BrN2O5S/c1-3-28-15-10-13(9-14(21)18(15)27-2)11-16-19(25)23(20(26)29-16)12-17(24)22-7-5-4-6-8-22/h9-11H,3-8,12H2,1-2H3/b16-11-. The molecule has 7 nitrogen and oxygen atoms in total. The predicted molar refractivity (Wildman–Crippen MR) is 115 cm³/mol. The Hall–Kier alpha value is -2.00. The summed E-state index contributed by atoms with van der Waals surface area (Å²) in [6, 6.07) is 3.54. The molecule has 29 heavy (non-hydrogen) atoms. The van der Waals surface area contributed by atoms with Gasteiger partial charge in [0.2, 0.25) is 5.91 Å². The van der Waals surface area contributed by atoms with Crippen molar-refractivity contribution in [3.63, 3.8) is 0 Å². The minimum Gasteiger partial charge on any atom is -0.492 e. The van der Waals surface area contributed by atoms with Gasteiger partial charge >= 0.3 is 0 Å². The third-order valence-corrected chi connectivity index (χ3v) is 6.21. The van der Waals surface area contributed by atoms with E-state index in [1.165, 1.54) is 0 Å². The van der Waals surface area contributed by atoms with Gasteiger partial charge in [0.1, 0.15) is 6.54 Å². The third kappa shape index (κ3) is 4.95. The van der Waals surface area contributed by atoms with E-state index in [-0.39, 0.29) is 17.4 Å². The van der Waals surface area contributed by atoms with Crippen molar-refractivity contribution in [1.29, 1.82) is 0 Å². The van der Waals surface area contributed by atoms with Gasteiger partial charge in [0, 0.05) is 13.1 Å². The molecule has 2 aliphatic rings. The molecule has 0 saturated carbocycles. The zero-order valence-corrected chi connectivity index (χ0v) is 18.8. The van der Waals surface area contributed by atoms with E-state index in [1.807, 2.05) is 6.92 Å². The fourth-order valence-electron chi connectivity index (χ4n) is 3.30. The molecule has 0 unspecified atom stereocenters. The summed E-state index contributed by atoms with van der Waals surface area (Å²) in [7, 11) is 1.55. The number of piperidine rings is 1. The van der Waals surface area contributed by atoms with E-state index in [9.17, 15) is 14.4 Å². The highest BCUT2D eigenvalue weighted by Gasteiger charge is 2.37. The molecule has 0 bridgehead atoms. The molecule has 0 spiro atoms. The highest BCUT2D eigenvalue weighted by molar-refractivity contribution is 9.10. The van der Waals surface area contributed by atoms with E-state index in [4.69, 9.17) is 9.47 Å². The Morgan fingerprint density at radius 1 is 1.24 bits per heavy atom. The van der Waals surface area contributed by atoms with Gasteiger partial charge in [-0.2, -0.15) is 0 Å². The number of nitrogens with zero attached hydrogens (tertiary/aromatic N) is 2. The molecule has 2 aliphatic heterocycles. The number of halogens is 1. The van der Waals surface area contributed by atoms with E-state index in [0.717, 1.165) is 35.9 Å². The number of carbonyl (C=O) groups is 3. The van der Waals surface area contributed by atoms with E-state index in [1.54, 1.807) is 30.2 Å². The molecule has 2 saturated heterocycles. The number of imide groups is 1. The molecule has 2 heterocycles. The summed E-state index contributed by atoms with van der Waals surface area (Å²) in [5, 5.41) is -0.427. The second-order valence-electron chi connectivity index (χ2n) is 6.68. The van der Waals surface area contributed by atoms with Crippen LogP contribution in [-0.2, 0) is 9.59 Å². The number of amides is 3. The van der Waals surface area contributed by atoms with Crippen molar-refractivity contribution in [1.82, 2.24) is 9.80 Å². The maximum Gasteiger partial charge on any atom is 0.294 e. The molecule has 3 rings (SSSR count). The summed E-state index contributed by atoms with van der Waals surface area (Å²) in [6.07, 6.45) is 4.66. The number of hydrogen-bond acceptors (Lipinski definition) is 6. The fraction of sp³-hybridized carbons (Fsp3) is 0.450. The number of methoxy groups -OCH3 is 1. The monoisotopic (exact) mass is 482 g/mol. The van der Waals surface area contributed by atoms with Gasteiger partial charge in [-0.05, 0) is 77.7 Å². The van der Waals surface area contributed by atoms with Crippen LogP contribution in [0, 0.1) is 0 Å². The third-order valence-electron chi connectivity index (χ3n) is 4.71. The summed E-state index contributed by atoms with van der Waals surface area (Å²) in [5.41, 5.74) is 0.689. The lowest BCUT2D eigenvalue weighted by Gasteiger charge is -2.27. The molecule has 156 valence electrons. The van der Waals surface area contributed by atoms with Crippen molar-refractivity contribution < 1.29 is 23.9 Å². The number of rotatable bonds is 6. The fourth-order valence-corrected chi connectivity index (χ4v) is 4.76. The molecule has 0 atom stereocenters. The first-order valence-electron chi connectivity index (χ1n) is 9.48. The van der Waals surface area contributed by atoms with E-state index in [2.05, 4.69) is 15.9 Å². The van der Waals surface area contributed by atoms with Crippen molar-refractivity contribution >= 4 is 50.8 Å². The van der Waals surface area contributed by atoms with E-state index in [0.29, 0.717) is 41.2 Å². The maximum atomic E-state index is 12.7. The van der Waals surface area contributed by atoms with Crippen LogP contribution in [0.15, 0.2) is 21.5 Å². The first-order valence-corrected chi connectivity index (χ1v) is 11.1. The Morgan fingerprint density at radius 3 is 2.62 bits per heavy atom. The molecule has 9 heteroatoms. The highest BCUT2D eigenvalue weighted by Crippen LogP contribution is 2.39. The summed E-state index contributed by atoms with van der Waals surface area (Å²) < 4.78 is 11.6. The molecule has 0 aromatic heterocycles. The topological polar surface area (TPSA) is 76.2 Å². The van der Waals surface area contributed by atoms with Crippen LogP contribution < -0.4 is 9.47 Å². The highest BCUT2D eigenvalue weighted by atomic mass is 79.9. The number of hydrogen-bond donors (Lipinski definition) is 0. The minimum absolute atomic E-state index is 0.181. The van der Waals surface area contributed by atoms with Crippen LogP contribution in [0.4, 0.5) is 4.79 Å². The molecule has 0 aliphatic carbocycles. The molecular weight excluding hydrogens is 460 g/mol. The van der Waals surface area contributed by atoms with E-state index < -0.39 is 11.1 Å². The molecule has 0 radical (unpaired) electrons. The first-order chi connectivity index (χ1) is 13.9. The van der Waals surface area contributed by atoms with Crippen molar-refractivity contribution in [2.45, 2.75) is 26.2 Å².